The average Bonchev–Trinajstić information content (AvgIpc) is 2.61. The third kappa shape index (κ3) is 17.7. The zero-order valence-electron chi connectivity index (χ0n) is 16.5. The number of carboxylic acids is 2. The monoisotopic (exact) mass is 514 g/mol. The predicted molar refractivity (Wildman–Crippen MR) is 103 cm³/mol. The summed E-state index contributed by atoms with van der Waals surface area (Å²) in [7, 11) is -3.18. The molecule has 0 bridgehead atoms. The van der Waals surface area contributed by atoms with Gasteiger partial charge in [0.2, 0.25) is 0 Å². The van der Waals surface area contributed by atoms with Crippen LogP contribution in [-0.4, -0.2) is 18.1 Å². The molecule has 0 saturated carbocycles. The number of carbonyl (C=O) groups is 2. The van der Waals surface area contributed by atoms with Crippen molar-refractivity contribution in [3.8, 4) is 11.5 Å². The van der Waals surface area contributed by atoms with E-state index < -0.39 is 19.5 Å². The molecule has 0 aliphatic heterocycles. The summed E-state index contributed by atoms with van der Waals surface area (Å²) in [4.78, 5) is 17.8. The Labute approximate surface area is 185 Å². The number of carboxylic acid groups (broad SMARTS) is 2. The summed E-state index contributed by atoms with van der Waals surface area (Å²) in [5.41, 5.74) is 0. The predicted octanol–water partition coefficient (Wildman–Crippen LogP) is 2.65. The Balaban J connectivity index is 0. The first kappa shape index (κ1) is 29.1. The van der Waals surface area contributed by atoms with E-state index in [1.165, 1.54) is 0 Å². The maximum Gasteiger partial charge on any atom is 2.00 e. The van der Waals surface area contributed by atoms with Crippen LogP contribution in [0.2, 0.25) is 0 Å². The van der Waals surface area contributed by atoms with Crippen molar-refractivity contribution in [2.24, 2.45) is 0 Å². The van der Waals surface area contributed by atoms with Crippen molar-refractivity contribution >= 4 is 19.5 Å². The number of hydrogen-bond donors (Lipinski definition) is 0. The Morgan fingerprint density at radius 3 is 1.41 bits per heavy atom. The number of aliphatic carboxylic acids is 2. The van der Waals surface area contributed by atoms with Gasteiger partial charge < -0.3 is 28.8 Å². The second-order valence-corrected chi connectivity index (χ2v) is 7.51. The van der Waals surface area contributed by atoms with Gasteiger partial charge in [-0.15, -0.1) is 0 Å². The van der Waals surface area contributed by atoms with Gasteiger partial charge in [0, 0.05) is 11.9 Å². The summed E-state index contributed by atoms with van der Waals surface area (Å²) < 4.78 is 24.1. The van der Waals surface area contributed by atoms with Crippen LogP contribution >= 0.6 is 7.60 Å². The van der Waals surface area contributed by atoms with Crippen LogP contribution in [0.25, 0.3) is 0 Å². The standard InChI is InChI=1S/C16H19O3P.2C2H4O2.Pd/c1-2-3-14-20(17,18-15-10-6-4-7-11-15)19-16-12-8-5-9-13-16;2*1-2(3)4;/h4-13H,2-3,14H2,1H3;2*1H3,(H,3,4);/q;;;+2/p-2. The Morgan fingerprint density at radius 2 is 1.14 bits per heavy atom. The summed E-state index contributed by atoms with van der Waals surface area (Å²) >= 11 is 0. The Hall–Kier alpha value is -2.13. The van der Waals surface area contributed by atoms with Crippen molar-refractivity contribution in [1.29, 1.82) is 0 Å². The minimum atomic E-state index is -3.18. The molecule has 2 rings (SSSR count). The van der Waals surface area contributed by atoms with E-state index in [-0.39, 0.29) is 20.4 Å². The van der Waals surface area contributed by atoms with Crippen LogP contribution in [-0.2, 0) is 34.6 Å². The van der Waals surface area contributed by atoms with Crippen LogP contribution in [0.5, 0.6) is 11.5 Å². The van der Waals surface area contributed by atoms with E-state index >= 15 is 0 Å². The van der Waals surface area contributed by atoms with Gasteiger partial charge in [0.15, 0.2) is 0 Å². The Morgan fingerprint density at radius 1 is 0.828 bits per heavy atom. The molecule has 29 heavy (non-hydrogen) atoms. The molecule has 0 atom stereocenters. The maximum absolute atomic E-state index is 12.9. The summed E-state index contributed by atoms with van der Waals surface area (Å²) in [6.45, 7) is 4.00. The molecule has 0 unspecified atom stereocenters. The van der Waals surface area contributed by atoms with Crippen LogP contribution in [0.15, 0.2) is 60.7 Å². The molecular weight excluding hydrogens is 490 g/mol. The van der Waals surface area contributed by atoms with Crippen LogP contribution < -0.4 is 19.3 Å². The van der Waals surface area contributed by atoms with Crippen LogP contribution in [0.1, 0.15) is 33.6 Å². The molecule has 2 aromatic rings. The van der Waals surface area contributed by atoms with Crippen molar-refractivity contribution in [3.63, 3.8) is 0 Å². The fourth-order valence-electron chi connectivity index (χ4n) is 1.75. The summed E-state index contributed by atoms with van der Waals surface area (Å²) in [5.74, 6) is -1.02. The Kier molecular flexibility index (Phi) is 16.8. The number of hydrogen-bond acceptors (Lipinski definition) is 7. The molecule has 0 aromatic heterocycles. The van der Waals surface area contributed by atoms with Gasteiger partial charge in [-0.25, -0.2) is 4.57 Å². The van der Waals surface area contributed by atoms with Gasteiger partial charge in [-0.05, 0) is 44.5 Å². The number of unbranched alkanes of at least 4 members (excludes halogenated alkanes) is 1. The maximum atomic E-state index is 12.9. The third-order valence-corrected chi connectivity index (χ3v) is 4.60. The van der Waals surface area contributed by atoms with Crippen LogP contribution in [0.3, 0.4) is 0 Å². The number of benzene rings is 2. The molecular formula is C20H25O7PPd. The minimum Gasteiger partial charge on any atom is -0.550 e. The molecule has 0 spiro atoms. The number of rotatable bonds is 7. The van der Waals surface area contributed by atoms with Crippen molar-refractivity contribution in [2.75, 3.05) is 6.16 Å². The van der Waals surface area contributed by atoms with Gasteiger partial charge in [-0.3, -0.25) is 0 Å². The zero-order valence-corrected chi connectivity index (χ0v) is 19.0. The number of carbonyl (C=O) groups excluding carboxylic acids is 2. The second-order valence-electron chi connectivity index (χ2n) is 5.48. The fraction of sp³-hybridized carbons (Fsp3) is 0.300. The topological polar surface area (TPSA) is 116 Å². The summed E-state index contributed by atoms with van der Waals surface area (Å²) in [6, 6.07) is 18.3. The summed E-state index contributed by atoms with van der Waals surface area (Å²) in [5, 5.41) is 17.8. The van der Waals surface area contributed by atoms with Crippen molar-refractivity contribution in [2.45, 2.75) is 33.6 Å². The van der Waals surface area contributed by atoms with Crippen LogP contribution in [0, 0.1) is 0 Å². The quantitative estimate of drug-likeness (QED) is 0.412. The van der Waals surface area contributed by atoms with Crippen molar-refractivity contribution < 1.29 is 53.8 Å². The van der Waals surface area contributed by atoms with E-state index in [9.17, 15) is 4.57 Å². The SMILES string of the molecule is CC(=O)[O-].CC(=O)[O-].CCCCP(=O)(Oc1ccccc1)Oc1ccccc1.[Pd+2]. The fourth-order valence-corrected chi connectivity index (χ4v) is 3.55. The first-order valence-corrected chi connectivity index (χ1v) is 10.3. The van der Waals surface area contributed by atoms with E-state index in [1.54, 1.807) is 24.3 Å². The molecule has 0 N–H and O–H groups in total. The molecule has 0 amide bonds. The van der Waals surface area contributed by atoms with Gasteiger partial charge >= 0.3 is 28.0 Å². The van der Waals surface area contributed by atoms with Crippen LogP contribution in [0.4, 0.5) is 0 Å². The second kappa shape index (κ2) is 16.8. The van der Waals surface area contributed by atoms with E-state index in [1.807, 2.05) is 36.4 Å². The van der Waals surface area contributed by atoms with Crippen molar-refractivity contribution in [1.82, 2.24) is 0 Å². The smallest absolute Gasteiger partial charge is 0.550 e. The first-order valence-electron chi connectivity index (χ1n) is 8.62. The Bertz CT molecular complexity index is 674. The first-order chi connectivity index (χ1) is 13.2. The molecule has 2 aromatic carbocycles. The average molecular weight is 515 g/mol. The van der Waals surface area contributed by atoms with E-state index in [2.05, 4.69) is 6.92 Å². The largest absolute Gasteiger partial charge is 2.00 e. The minimum absolute atomic E-state index is 0. The van der Waals surface area contributed by atoms with Crippen molar-refractivity contribution in [3.05, 3.63) is 60.7 Å². The molecule has 0 saturated heterocycles. The van der Waals surface area contributed by atoms with Gasteiger partial charge in [0.1, 0.15) is 11.5 Å². The number of para-hydroxylation sites is 2. The third-order valence-electron chi connectivity index (χ3n) is 2.76. The molecule has 0 aliphatic carbocycles. The summed E-state index contributed by atoms with van der Waals surface area (Å²) in [6.07, 6.45) is 2.16. The molecule has 9 heteroatoms. The van der Waals surface area contributed by atoms with Gasteiger partial charge in [0.05, 0.1) is 6.16 Å². The molecule has 0 radical (unpaired) electrons. The van der Waals surface area contributed by atoms with Gasteiger partial charge in [-0.2, -0.15) is 0 Å². The van der Waals surface area contributed by atoms with Gasteiger partial charge in [0.25, 0.3) is 0 Å². The van der Waals surface area contributed by atoms with E-state index in [0.717, 1.165) is 26.7 Å². The molecule has 0 heterocycles. The zero-order chi connectivity index (χ0) is 21.4. The van der Waals surface area contributed by atoms with Gasteiger partial charge in [-0.1, -0.05) is 49.7 Å². The molecule has 162 valence electrons. The molecule has 0 aliphatic rings. The normalized spacial score (nSPS) is 9.34. The molecule has 7 nitrogen and oxygen atoms in total. The molecule has 0 fully saturated rings. The van der Waals surface area contributed by atoms with E-state index in [0.29, 0.717) is 17.7 Å². The van der Waals surface area contributed by atoms with E-state index in [4.69, 9.17) is 28.8 Å².